The van der Waals surface area contributed by atoms with E-state index in [0.29, 0.717) is 39.6 Å². The van der Waals surface area contributed by atoms with Gasteiger partial charge in [-0.1, -0.05) is 18.2 Å². The smallest absolute Gasteiger partial charge is 0.277 e. The van der Waals surface area contributed by atoms with E-state index in [1.54, 1.807) is 19.9 Å². The molecule has 5 rings (SSSR count). The molecule has 12 heteroatoms. The Balaban J connectivity index is 1.73. The van der Waals surface area contributed by atoms with Crippen LogP contribution in [-0.4, -0.2) is 47.9 Å². The molecule has 6 nitrogen and oxygen atoms in total. The number of nitrogens with zero attached hydrogens (tertiary/aromatic N) is 2. The van der Waals surface area contributed by atoms with Crippen LogP contribution in [0.15, 0.2) is 54.6 Å². The maximum atomic E-state index is 14.7. The first kappa shape index (κ1) is 27.1. The third-order valence-electron chi connectivity index (χ3n) is 7.44. The number of carbonyl (C=O) groups excluding carboxylic acids is 4. The van der Waals surface area contributed by atoms with Gasteiger partial charge in [-0.3, -0.25) is 24.1 Å². The average Bonchev–Trinajstić information content (AvgIpc) is 3.24. The quantitative estimate of drug-likeness (QED) is 0.303. The van der Waals surface area contributed by atoms with Gasteiger partial charge in [-0.05, 0) is 72.5 Å². The Labute approximate surface area is 222 Å². The van der Waals surface area contributed by atoms with Crippen LogP contribution in [0.4, 0.5) is 32.0 Å². The highest BCUT2D eigenvalue weighted by Crippen LogP contribution is 2.57. The summed E-state index contributed by atoms with van der Waals surface area (Å²) >= 11 is 0. The molecule has 0 radical (unpaired) electrons. The van der Waals surface area contributed by atoms with Crippen molar-refractivity contribution in [2.24, 2.45) is 0 Å². The number of carbonyl (C=O) groups is 4. The van der Waals surface area contributed by atoms with Crippen molar-refractivity contribution >= 4 is 29.3 Å². The zero-order valence-corrected chi connectivity index (χ0v) is 21.0. The summed E-state index contributed by atoms with van der Waals surface area (Å²) in [6.45, 7) is 3.49. The number of alkyl halides is 6. The van der Waals surface area contributed by atoms with Gasteiger partial charge in [0, 0.05) is 7.05 Å². The Bertz CT molecular complexity index is 1640. The summed E-state index contributed by atoms with van der Waals surface area (Å²) in [5.74, 6) is -3.91. The topological polar surface area (TPSA) is 74.8 Å². The number of amides is 4. The van der Waals surface area contributed by atoms with E-state index >= 15 is 0 Å². The third-order valence-corrected chi connectivity index (χ3v) is 7.44. The Morgan fingerprint density at radius 2 is 1.00 bits per heavy atom. The van der Waals surface area contributed by atoms with Gasteiger partial charge in [-0.25, -0.2) is 4.90 Å². The summed E-state index contributed by atoms with van der Waals surface area (Å²) in [5.41, 5.74) is -7.74. The standard InChI is InChI=1S/C28H18F6N2O4/c1-13-4-7-17(10-14(13)2)36-24(39)19-9-6-16(12-21(19)25(36)40)26(27(29,30)31,28(32,33)34)15-5-8-18-20(11-15)23(38)35(3)22(18)37/h4-12H,1-3H3. The van der Waals surface area contributed by atoms with E-state index in [9.17, 15) is 45.5 Å². The van der Waals surface area contributed by atoms with Crippen LogP contribution in [-0.2, 0) is 5.41 Å². The first-order valence-electron chi connectivity index (χ1n) is 11.7. The molecule has 3 aromatic carbocycles. The summed E-state index contributed by atoms with van der Waals surface area (Å²) < 4.78 is 88.5. The van der Waals surface area contributed by atoms with Crippen LogP contribution in [0.3, 0.4) is 0 Å². The molecule has 0 N–H and O–H groups in total. The lowest BCUT2D eigenvalue weighted by atomic mass is 9.71. The molecule has 2 aliphatic heterocycles. The van der Waals surface area contributed by atoms with Gasteiger partial charge in [0.2, 0.25) is 5.41 Å². The van der Waals surface area contributed by atoms with E-state index < -0.39 is 63.7 Å². The lowest BCUT2D eigenvalue weighted by Crippen LogP contribution is -2.55. The molecular formula is C28H18F6N2O4. The highest BCUT2D eigenvalue weighted by Gasteiger charge is 2.73. The van der Waals surface area contributed by atoms with E-state index in [4.69, 9.17) is 0 Å². The average molecular weight is 560 g/mol. The van der Waals surface area contributed by atoms with Gasteiger partial charge in [-0.15, -0.1) is 0 Å². The lowest BCUT2D eigenvalue weighted by Gasteiger charge is -2.38. The predicted octanol–water partition coefficient (Wildman–Crippen LogP) is 5.74. The highest BCUT2D eigenvalue weighted by atomic mass is 19.4. The molecule has 2 aliphatic rings. The van der Waals surface area contributed by atoms with Crippen LogP contribution >= 0.6 is 0 Å². The van der Waals surface area contributed by atoms with Crippen molar-refractivity contribution in [1.82, 2.24) is 4.90 Å². The van der Waals surface area contributed by atoms with Crippen LogP contribution in [0.2, 0.25) is 0 Å². The number of halogens is 6. The lowest BCUT2D eigenvalue weighted by molar-refractivity contribution is -0.288. The molecule has 0 aliphatic carbocycles. The molecule has 2 heterocycles. The van der Waals surface area contributed by atoms with Crippen LogP contribution in [0, 0.1) is 13.8 Å². The number of anilines is 1. The van der Waals surface area contributed by atoms with Gasteiger partial charge in [-0.2, -0.15) is 26.3 Å². The predicted molar refractivity (Wildman–Crippen MR) is 129 cm³/mol. The molecule has 0 unspecified atom stereocenters. The maximum Gasteiger partial charge on any atom is 0.411 e. The minimum Gasteiger partial charge on any atom is -0.277 e. The van der Waals surface area contributed by atoms with Gasteiger partial charge in [0.05, 0.1) is 27.9 Å². The molecule has 0 atom stereocenters. The van der Waals surface area contributed by atoms with Crippen molar-refractivity contribution in [1.29, 1.82) is 0 Å². The molecule has 0 spiro atoms. The summed E-state index contributed by atoms with van der Waals surface area (Å²) in [4.78, 5) is 52.2. The van der Waals surface area contributed by atoms with Crippen molar-refractivity contribution in [3.05, 3.63) is 99.1 Å². The molecule has 40 heavy (non-hydrogen) atoms. The van der Waals surface area contributed by atoms with Crippen LogP contribution in [0.5, 0.6) is 0 Å². The number of aryl methyl sites for hydroxylation is 2. The zero-order valence-electron chi connectivity index (χ0n) is 21.0. The first-order valence-corrected chi connectivity index (χ1v) is 11.7. The molecule has 206 valence electrons. The Hall–Kier alpha value is -4.48. The van der Waals surface area contributed by atoms with E-state index in [2.05, 4.69) is 0 Å². The van der Waals surface area contributed by atoms with Gasteiger partial charge in [0.1, 0.15) is 0 Å². The van der Waals surface area contributed by atoms with Gasteiger partial charge in [0.15, 0.2) is 0 Å². The fraction of sp³-hybridized carbons (Fsp3) is 0.214. The molecule has 0 saturated heterocycles. The molecule has 0 fully saturated rings. The van der Waals surface area contributed by atoms with Gasteiger partial charge >= 0.3 is 12.4 Å². The van der Waals surface area contributed by atoms with Crippen molar-refractivity contribution in [3.8, 4) is 0 Å². The second-order valence-electron chi connectivity index (χ2n) is 9.65. The number of fused-ring (bicyclic) bond motifs is 2. The fourth-order valence-electron chi connectivity index (χ4n) is 5.15. The summed E-state index contributed by atoms with van der Waals surface area (Å²) in [6, 6.07) is 7.89. The number of rotatable bonds is 3. The zero-order chi connectivity index (χ0) is 29.5. The van der Waals surface area contributed by atoms with E-state index in [-0.39, 0.29) is 16.8 Å². The van der Waals surface area contributed by atoms with Gasteiger partial charge < -0.3 is 0 Å². The Kier molecular flexibility index (Phi) is 5.76. The monoisotopic (exact) mass is 560 g/mol. The normalized spacial score (nSPS) is 15.7. The van der Waals surface area contributed by atoms with E-state index in [1.807, 2.05) is 0 Å². The van der Waals surface area contributed by atoms with Crippen LogP contribution < -0.4 is 4.90 Å². The number of benzene rings is 3. The van der Waals surface area contributed by atoms with Crippen molar-refractivity contribution in [3.63, 3.8) is 0 Å². The minimum atomic E-state index is -6.02. The summed E-state index contributed by atoms with van der Waals surface area (Å²) in [5, 5.41) is 0. The maximum absolute atomic E-state index is 14.7. The Morgan fingerprint density at radius 1 is 0.550 bits per heavy atom. The molecule has 3 aromatic rings. The second-order valence-corrected chi connectivity index (χ2v) is 9.65. The van der Waals surface area contributed by atoms with Crippen molar-refractivity contribution in [2.75, 3.05) is 11.9 Å². The molecule has 0 bridgehead atoms. The number of hydrogen-bond donors (Lipinski definition) is 0. The Morgan fingerprint density at radius 3 is 1.50 bits per heavy atom. The first-order chi connectivity index (χ1) is 18.5. The van der Waals surface area contributed by atoms with Crippen molar-refractivity contribution in [2.45, 2.75) is 31.6 Å². The number of imide groups is 2. The minimum absolute atomic E-state index is 0.111. The van der Waals surface area contributed by atoms with Crippen LogP contribution in [0.1, 0.15) is 63.7 Å². The van der Waals surface area contributed by atoms with Gasteiger partial charge in [0.25, 0.3) is 23.6 Å². The van der Waals surface area contributed by atoms with Crippen LogP contribution in [0.25, 0.3) is 0 Å². The summed E-state index contributed by atoms with van der Waals surface area (Å²) in [7, 11) is 1.05. The van der Waals surface area contributed by atoms with Crippen molar-refractivity contribution < 1.29 is 45.5 Å². The van der Waals surface area contributed by atoms with E-state index in [0.717, 1.165) is 24.7 Å². The number of hydrogen-bond acceptors (Lipinski definition) is 4. The third kappa shape index (κ3) is 3.51. The summed E-state index contributed by atoms with van der Waals surface area (Å²) in [6.07, 6.45) is -12.0. The molecule has 4 amide bonds. The largest absolute Gasteiger partial charge is 0.411 e. The molecule has 0 saturated carbocycles. The SMILES string of the molecule is Cc1ccc(N2C(=O)c3ccc(C(c4ccc5c(c4)C(=O)N(C)C5=O)(C(F)(F)F)C(F)(F)F)cc3C2=O)cc1C. The fourth-order valence-corrected chi connectivity index (χ4v) is 5.15. The highest BCUT2D eigenvalue weighted by molar-refractivity contribution is 6.34. The second kappa shape index (κ2) is 8.51. The van der Waals surface area contributed by atoms with E-state index in [1.165, 1.54) is 12.1 Å². The molecule has 0 aromatic heterocycles. The molecular weight excluding hydrogens is 542 g/mol.